The zero-order valence-electron chi connectivity index (χ0n) is 13.0. The number of rotatable bonds is 2. The van der Waals surface area contributed by atoms with Crippen molar-refractivity contribution in [2.24, 2.45) is 47.3 Å². The number of thioether (sulfide) groups is 1. The highest BCUT2D eigenvalue weighted by atomic mass is 32.2. The molecule has 0 aromatic rings. The topological polar surface area (TPSA) is 0 Å². The molecule has 8 atom stereocenters. The highest BCUT2D eigenvalue weighted by Crippen LogP contribution is 2.63. The molecule has 0 radical (unpaired) electrons. The summed E-state index contributed by atoms with van der Waals surface area (Å²) >= 11 is 2.49. The monoisotopic (exact) mass is 278 g/mol. The Labute approximate surface area is 123 Å². The Hall–Kier alpha value is 0.350. The molecule has 0 saturated heterocycles. The molecule has 4 fully saturated rings. The van der Waals surface area contributed by atoms with Gasteiger partial charge in [-0.3, -0.25) is 0 Å². The SMILES string of the molecule is CC1C(C)C2CCC1C2SC1C2CCC1C(C)C2C. The molecule has 0 heterocycles. The van der Waals surface area contributed by atoms with Gasteiger partial charge in [0.1, 0.15) is 0 Å². The van der Waals surface area contributed by atoms with Gasteiger partial charge in [-0.25, -0.2) is 0 Å². The maximum Gasteiger partial charge on any atom is 0.0112 e. The highest BCUT2D eigenvalue weighted by Gasteiger charge is 2.56. The summed E-state index contributed by atoms with van der Waals surface area (Å²) in [5.41, 5.74) is 0. The standard InChI is InChI=1S/C18H30S/c1-9-10(2)14-6-5-13(9)17(14)19-18-15-7-8-16(18)12(4)11(15)3/h9-18H,5-8H2,1-4H3. The van der Waals surface area contributed by atoms with Gasteiger partial charge in [-0.15, -0.1) is 0 Å². The highest BCUT2D eigenvalue weighted by molar-refractivity contribution is 8.00. The second-order valence-electron chi connectivity index (χ2n) is 8.31. The van der Waals surface area contributed by atoms with Crippen molar-refractivity contribution in [3.63, 3.8) is 0 Å². The molecule has 0 aliphatic heterocycles. The van der Waals surface area contributed by atoms with Crippen LogP contribution in [0.25, 0.3) is 0 Å². The second-order valence-corrected chi connectivity index (χ2v) is 9.67. The number of fused-ring (bicyclic) bond motifs is 4. The Morgan fingerprint density at radius 1 is 0.526 bits per heavy atom. The fourth-order valence-corrected chi connectivity index (χ4v) is 9.16. The van der Waals surface area contributed by atoms with Gasteiger partial charge in [-0.05, 0) is 73.0 Å². The van der Waals surface area contributed by atoms with Gasteiger partial charge >= 0.3 is 0 Å². The van der Waals surface area contributed by atoms with Crippen LogP contribution in [0.1, 0.15) is 53.4 Å². The molecule has 1 heteroatoms. The van der Waals surface area contributed by atoms with Crippen molar-refractivity contribution in [1.29, 1.82) is 0 Å². The maximum atomic E-state index is 2.54. The average molecular weight is 279 g/mol. The summed E-state index contributed by atoms with van der Waals surface area (Å²) in [6, 6.07) is 0. The van der Waals surface area contributed by atoms with E-state index in [-0.39, 0.29) is 0 Å². The van der Waals surface area contributed by atoms with E-state index in [2.05, 4.69) is 39.5 Å². The van der Waals surface area contributed by atoms with Gasteiger partial charge in [0.25, 0.3) is 0 Å². The molecule has 8 unspecified atom stereocenters. The lowest BCUT2D eigenvalue weighted by Gasteiger charge is -2.24. The van der Waals surface area contributed by atoms with E-state index >= 15 is 0 Å². The van der Waals surface area contributed by atoms with Crippen LogP contribution in [0.5, 0.6) is 0 Å². The summed E-state index contributed by atoms with van der Waals surface area (Å²) in [5, 5.41) is 2.08. The molecule has 19 heavy (non-hydrogen) atoms. The van der Waals surface area contributed by atoms with Crippen molar-refractivity contribution in [3.05, 3.63) is 0 Å². The first-order valence-electron chi connectivity index (χ1n) is 8.75. The van der Waals surface area contributed by atoms with Crippen LogP contribution in [0, 0.1) is 47.3 Å². The molecule has 4 aliphatic rings. The predicted molar refractivity (Wildman–Crippen MR) is 84.3 cm³/mol. The third-order valence-electron chi connectivity index (χ3n) is 8.03. The van der Waals surface area contributed by atoms with Crippen LogP contribution < -0.4 is 0 Å². The van der Waals surface area contributed by atoms with Crippen molar-refractivity contribution in [2.75, 3.05) is 0 Å². The van der Waals surface area contributed by atoms with E-state index in [9.17, 15) is 0 Å². The zero-order valence-corrected chi connectivity index (χ0v) is 13.8. The maximum absolute atomic E-state index is 2.54. The molecule has 0 amide bonds. The van der Waals surface area contributed by atoms with Gasteiger partial charge in [0, 0.05) is 10.5 Å². The Kier molecular flexibility index (Phi) is 3.03. The first-order chi connectivity index (χ1) is 9.09. The molecule has 108 valence electrons. The van der Waals surface area contributed by atoms with E-state index in [1.165, 1.54) is 0 Å². The van der Waals surface area contributed by atoms with Gasteiger partial charge in [0.15, 0.2) is 0 Å². The van der Waals surface area contributed by atoms with E-state index < -0.39 is 0 Å². The van der Waals surface area contributed by atoms with Crippen LogP contribution in [0.15, 0.2) is 0 Å². The first kappa shape index (κ1) is 13.0. The summed E-state index contributed by atoms with van der Waals surface area (Å²) in [6.07, 6.45) is 6.17. The lowest BCUT2D eigenvalue weighted by Crippen LogP contribution is -2.20. The molecular weight excluding hydrogens is 248 g/mol. The van der Waals surface area contributed by atoms with Crippen LogP contribution in [0.4, 0.5) is 0 Å². The molecule has 4 aliphatic carbocycles. The van der Waals surface area contributed by atoms with Crippen LogP contribution in [-0.2, 0) is 0 Å². The summed E-state index contributed by atoms with van der Waals surface area (Å²) in [5.74, 6) is 8.28. The van der Waals surface area contributed by atoms with Gasteiger partial charge < -0.3 is 0 Å². The molecule has 0 nitrogen and oxygen atoms in total. The van der Waals surface area contributed by atoms with Crippen molar-refractivity contribution < 1.29 is 0 Å². The zero-order chi connectivity index (χ0) is 13.3. The molecule has 0 aromatic heterocycles. The second kappa shape index (κ2) is 4.42. The van der Waals surface area contributed by atoms with Crippen LogP contribution in [-0.4, -0.2) is 10.5 Å². The van der Waals surface area contributed by atoms with Crippen molar-refractivity contribution >= 4 is 11.8 Å². The third kappa shape index (κ3) is 1.66. The molecule has 0 N–H and O–H groups in total. The number of hydrogen-bond acceptors (Lipinski definition) is 1. The van der Waals surface area contributed by atoms with Crippen molar-refractivity contribution in [3.8, 4) is 0 Å². The quantitative estimate of drug-likeness (QED) is 0.678. The molecule has 0 spiro atoms. The lowest BCUT2D eigenvalue weighted by molar-refractivity contribution is 0.259. The Bertz CT molecular complexity index is 299. The average Bonchev–Trinajstić information content (AvgIpc) is 3.08. The number of hydrogen-bond donors (Lipinski definition) is 0. The molecule has 4 bridgehead atoms. The lowest BCUT2D eigenvalue weighted by atomic mass is 9.82. The van der Waals surface area contributed by atoms with Gasteiger partial charge in [-0.1, -0.05) is 27.7 Å². The van der Waals surface area contributed by atoms with Crippen molar-refractivity contribution in [1.82, 2.24) is 0 Å². The van der Waals surface area contributed by atoms with Crippen LogP contribution in [0.3, 0.4) is 0 Å². The Morgan fingerprint density at radius 2 is 0.789 bits per heavy atom. The third-order valence-corrected chi connectivity index (χ3v) is 10.1. The summed E-state index contributed by atoms with van der Waals surface area (Å²) < 4.78 is 0. The largest absolute Gasteiger partial charge is 0.154 e. The summed E-state index contributed by atoms with van der Waals surface area (Å²) in [4.78, 5) is 0. The molecule has 4 rings (SSSR count). The van der Waals surface area contributed by atoms with Crippen molar-refractivity contribution in [2.45, 2.75) is 63.9 Å². The fraction of sp³-hybridized carbons (Fsp3) is 1.00. The van der Waals surface area contributed by atoms with E-state index in [0.717, 1.165) is 57.8 Å². The minimum atomic E-state index is 1.00. The van der Waals surface area contributed by atoms with Crippen LogP contribution >= 0.6 is 11.8 Å². The minimum Gasteiger partial charge on any atom is -0.154 e. The minimum absolute atomic E-state index is 1.00. The normalized spacial score (nSPS) is 63.2. The first-order valence-corrected chi connectivity index (χ1v) is 9.69. The molecule has 0 aromatic carbocycles. The predicted octanol–water partition coefficient (Wildman–Crippen LogP) is 5.08. The van der Waals surface area contributed by atoms with E-state index in [4.69, 9.17) is 0 Å². The Morgan fingerprint density at radius 3 is 1.05 bits per heavy atom. The van der Waals surface area contributed by atoms with E-state index in [1.54, 1.807) is 25.7 Å². The smallest absolute Gasteiger partial charge is 0.0112 e. The van der Waals surface area contributed by atoms with Gasteiger partial charge in [0.05, 0.1) is 0 Å². The van der Waals surface area contributed by atoms with Crippen LogP contribution in [0.2, 0.25) is 0 Å². The molecular formula is C18H30S. The van der Waals surface area contributed by atoms with E-state index in [1.807, 2.05) is 0 Å². The Balaban J connectivity index is 1.52. The van der Waals surface area contributed by atoms with E-state index in [0.29, 0.717) is 0 Å². The van der Waals surface area contributed by atoms with Gasteiger partial charge in [-0.2, -0.15) is 11.8 Å². The summed E-state index contributed by atoms with van der Waals surface area (Å²) in [7, 11) is 0. The fourth-order valence-electron chi connectivity index (χ4n) is 6.45. The molecule has 4 saturated carbocycles. The van der Waals surface area contributed by atoms with Gasteiger partial charge in [0.2, 0.25) is 0 Å². The summed E-state index contributed by atoms with van der Waals surface area (Å²) in [6.45, 7) is 10.2.